The first-order valence-corrected chi connectivity index (χ1v) is 7.04. The molecule has 0 atom stereocenters. The van der Waals surface area contributed by atoms with Gasteiger partial charge in [0.2, 0.25) is 0 Å². The molecule has 0 aromatic heterocycles. The number of rotatable bonds is 3. The molecule has 0 spiro atoms. The van der Waals surface area contributed by atoms with Crippen molar-refractivity contribution in [2.24, 2.45) is 5.92 Å². The Morgan fingerprint density at radius 3 is 2.65 bits per heavy atom. The fourth-order valence-corrected chi connectivity index (χ4v) is 2.80. The third kappa shape index (κ3) is 3.63. The molecule has 4 heteroatoms. The van der Waals surface area contributed by atoms with E-state index >= 15 is 0 Å². The van der Waals surface area contributed by atoms with Crippen LogP contribution in [0.5, 0.6) is 0 Å². The van der Waals surface area contributed by atoms with Gasteiger partial charge in [-0.05, 0) is 72.1 Å². The van der Waals surface area contributed by atoms with E-state index in [0.717, 1.165) is 32.5 Å². The maximum atomic E-state index is 13.1. The van der Waals surface area contributed by atoms with E-state index in [2.05, 4.69) is 4.90 Å². The van der Waals surface area contributed by atoms with Crippen LogP contribution in [0, 0.1) is 15.3 Å². The van der Waals surface area contributed by atoms with Crippen molar-refractivity contribution in [3.63, 3.8) is 0 Å². The molecule has 1 aromatic carbocycles. The lowest BCUT2D eigenvalue weighted by Crippen LogP contribution is -2.34. The van der Waals surface area contributed by atoms with E-state index in [1.807, 2.05) is 34.7 Å². The van der Waals surface area contributed by atoms with Gasteiger partial charge in [-0.1, -0.05) is 6.07 Å². The van der Waals surface area contributed by atoms with Crippen LogP contribution in [0.3, 0.4) is 0 Å². The van der Waals surface area contributed by atoms with Gasteiger partial charge >= 0.3 is 0 Å². The van der Waals surface area contributed by atoms with Crippen LogP contribution in [-0.2, 0) is 6.54 Å². The van der Waals surface area contributed by atoms with Gasteiger partial charge in [-0.3, -0.25) is 4.90 Å². The molecule has 2 nitrogen and oxygen atoms in total. The van der Waals surface area contributed by atoms with Crippen molar-refractivity contribution >= 4 is 22.6 Å². The molecule has 1 aromatic rings. The molecule has 0 aliphatic carbocycles. The van der Waals surface area contributed by atoms with Crippen LogP contribution in [0.4, 0.5) is 4.39 Å². The number of hydrogen-bond donors (Lipinski definition) is 1. The van der Waals surface area contributed by atoms with Gasteiger partial charge < -0.3 is 5.11 Å². The van der Waals surface area contributed by atoms with Gasteiger partial charge in [-0.25, -0.2) is 4.39 Å². The second-order valence-corrected chi connectivity index (χ2v) is 5.81. The lowest BCUT2D eigenvalue weighted by molar-refractivity contribution is 0.127. The van der Waals surface area contributed by atoms with Crippen LogP contribution in [0.1, 0.15) is 18.4 Å². The number of likely N-dealkylation sites (tertiary alicyclic amines) is 1. The van der Waals surface area contributed by atoms with Gasteiger partial charge in [0.25, 0.3) is 0 Å². The molecule has 1 heterocycles. The summed E-state index contributed by atoms with van der Waals surface area (Å²) in [5.74, 6) is 0.327. The summed E-state index contributed by atoms with van der Waals surface area (Å²) >= 11 is 2.03. The fraction of sp³-hybridized carbons (Fsp3) is 0.538. The minimum absolute atomic E-state index is 0.145. The molecule has 94 valence electrons. The smallest absolute Gasteiger partial charge is 0.136 e. The summed E-state index contributed by atoms with van der Waals surface area (Å²) in [6.45, 7) is 3.25. The lowest BCUT2D eigenvalue weighted by atomic mass is 9.97. The van der Waals surface area contributed by atoms with E-state index in [1.165, 1.54) is 11.6 Å². The Balaban J connectivity index is 1.91. The van der Waals surface area contributed by atoms with Crippen LogP contribution in [0.2, 0.25) is 0 Å². The van der Waals surface area contributed by atoms with Crippen molar-refractivity contribution in [2.45, 2.75) is 19.4 Å². The minimum Gasteiger partial charge on any atom is -0.396 e. The average Bonchev–Trinajstić information content (AvgIpc) is 2.35. The predicted octanol–water partition coefficient (Wildman–Crippen LogP) is 2.63. The molecule has 1 saturated heterocycles. The summed E-state index contributed by atoms with van der Waals surface area (Å²) in [6, 6.07) is 5.31. The molecule has 0 unspecified atom stereocenters. The maximum Gasteiger partial charge on any atom is 0.136 e. The molecule has 1 aliphatic rings. The zero-order valence-electron chi connectivity index (χ0n) is 9.70. The Labute approximate surface area is 115 Å². The van der Waals surface area contributed by atoms with Crippen molar-refractivity contribution in [1.29, 1.82) is 0 Å². The number of nitrogens with zero attached hydrogens (tertiary/aromatic N) is 1. The van der Waals surface area contributed by atoms with Crippen LogP contribution >= 0.6 is 22.6 Å². The quantitative estimate of drug-likeness (QED) is 0.849. The highest BCUT2D eigenvalue weighted by molar-refractivity contribution is 14.1. The molecule has 0 bridgehead atoms. The van der Waals surface area contributed by atoms with Crippen LogP contribution in [0.25, 0.3) is 0 Å². The largest absolute Gasteiger partial charge is 0.396 e. The first kappa shape index (κ1) is 13.2. The van der Waals surface area contributed by atoms with Crippen molar-refractivity contribution in [3.05, 3.63) is 33.1 Å². The van der Waals surface area contributed by atoms with E-state index in [4.69, 9.17) is 5.11 Å². The predicted molar refractivity (Wildman–Crippen MR) is 74.2 cm³/mol. The van der Waals surface area contributed by atoms with Crippen molar-refractivity contribution in [1.82, 2.24) is 4.90 Å². The summed E-state index contributed by atoms with van der Waals surface area (Å²) < 4.78 is 13.8. The Kier molecular flexibility index (Phi) is 4.76. The van der Waals surface area contributed by atoms with Gasteiger partial charge in [0.1, 0.15) is 5.82 Å². The third-order valence-electron chi connectivity index (χ3n) is 3.36. The van der Waals surface area contributed by atoms with Gasteiger partial charge in [-0.2, -0.15) is 0 Å². The van der Waals surface area contributed by atoms with Gasteiger partial charge in [-0.15, -0.1) is 0 Å². The number of benzene rings is 1. The first-order valence-electron chi connectivity index (χ1n) is 5.96. The summed E-state index contributed by atoms with van der Waals surface area (Å²) in [4.78, 5) is 2.37. The number of piperidine rings is 1. The van der Waals surface area contributed by atoms with E-state index in [1.54, 1.807) is 0 Å². The van der Waals surface area contributed by atoms with E-state index in [9.17, 15) is 4.39 Å². The number of aliphatic hydroxyl groups excluding tert-OH is 1. The molecular formula is C13H17FINO. The molecule has 0 amide bonds. The second-order valence-electron chi connectivity index (χ2n) is 4.65. The number of hydrogen-bond acceptors (Lipinski definition) is 2. The van der Waals surface area contributed by atoms with Crippen LogP contribution in [0.15, 0.2) is 18.2 Å². The number of halogens is 2. The van der Waals surface area contributed by atoms with E-state index in [0.29, 0.717) is 16.1 Å². The topological polar surface area (TPSA) is 23.5 Å². The Morgan fingerprint density at radius 2 is 2.06 bits per heavy atom. The Morgan fingerprint density at radius 1 is 1.35 bits per heavy atom. The van der Waals surface area contributed by atoms with E-state index in [-0.39, 0.29) is 5.82 Å². The summed E-state index contributed by atoms with van der Waals surface area (Å²) in [5, 5.41) is 9.07. The number of aliphatic hydroxyl groups is 1. The summed E-state index contributed by atoms with van der Waals surface area (Å²) in [7, 11) is 0. The van der Waals surface area contributed by atoms with Crippen molar-refractivity contribution < 1.29 is 9.50 Å². The monoisotopic (exact) mass is 349 g/mol. The second kappa shape index (κ2) is 6.11. The zero-order chi connectivity index (χ0) is 12.3. The Hall–Kier alpha value is -0.200. The molecule has 17 heavy (non-hydrogen) atoms. The maximum absolute atomic E-state index is 13.1. The standard InChI is InChI=1S/C13H17FINO/c14-12-2-1-11(7-13(12)15)8-16-5-3-10(9-17)4-6-16/h1-2,7,10,17H,3-6,8-9H2. The summed E-state index contributed by atoms with van der Waals surface area (Å²) in [5.41, 5.74) is 1.17. The Bertz CT molecular complexity index is 378. The fourth-order valence-electron chi connectivity index (χ4n) is 2.22. The molecular weight excluding hydrogens is 332 g/mol. The third-order valence-corrected chi connectivity index (χ3v) is 4.18. The van der Waals surface area contributed by atoms with Crippen LogP contribution in [-0.4, -0.2) is 29.7 Å². The minimum atomic E-state index is -0.145. The van der Waals surface area contributed by atoms with Gasteiger partial charge in [0.15, 0.2) is 0 Å². The highest BCUT2D eigenvalue weighted by Crippen LogP contribution is 2.20. The van der Waals surface area contributed by atoms with Gasteiger partial charge in [0, 0.05) is 16.7 Å². The van der Waals surface area contributed by atoms with Crippen molar-refractivity contribution in [2.75, 3.05) is 19.7 Å². The molecule has 0 saturated carbocycles. The molecule has 1 N–H and O–H groups in total. The van der Waals surface area contributed by atoms with E-state index < -0.39 is 0 Å². The molecule has 1 fully saturated rings. The van der Waals surface area contributed by atoms with Crippen LogP contribution < -0.4 is 0 Å². The molecule has 2 rings (SSSR count). The zero-order valence-corrected chi connectivity index (χ0v) is 11.9. The normalized spacial score (nSPS) is 18.5. The van der Waals surface area contributed by atoms with Crippen molar-refractivity contribution in [3.8, 4) is 0 Å². The summed E-state index contributed by atoms with van der Waals surface area (Å²) in [6.07, 6.45) is 2.13. The SMILES string of the molecule is OCC1CCN(Cc2ccc(F)c(I)c2)CC1. The molecule has 1 aliphatic heterocycles. The average molecular weight is 349 g/mol. The lowest BCUT2D eigenvalue weighted by Gasteiger charge is -2.31. The highest BCUT2D eigenvalue weighted by Gasteiger charge is 2.18. The highest BCUT2D eigenvalue weighted by atomic mass is 127. The van der Waals surface area contributed by atoms with Gasteiger partial charge in [0.05, 0.1) is 0 Å². The first-order chi connectivity index (χ1) is 8.19. The molecule has 0 radical (unpaired) electrons.